The second kappa shape index (κ2) is 6.97. The average Bonchev–Trinajstić information content (AvgIpc) is 2.64. The molecule has 1 aromatic heterocycles. The van der Waals surface area contributed by atoms with Crippen LogP contribution in [0, 0.1) is 0 Å². The number of thioether (sulfide) groups is 1. The van der Waals surface area contributed by atoms with E-state index >= 15 is 0 Å². The van der Waals surface area contributed by atoms with Gasteiger partial charge in [-0.1, -0.05) is 13.8 Å². The molecule has 1 N–H and O–H groups in total. The standard InChI is InChI=1S/C12H23N3S/c1-5-11-7-12(15(4)14-11)8-13-10(3)9-16-6-2/h7,10,13H,5-6,8-9H2,1-4H3. The second-order valence-electron chi connectivity index (χ2n) is 4.05. The van der Waals surface area contributed by atoms with E-state index in [-0.39, 0.29) is 0 Å². The van der Waals surface area contributed by atoms with Gasteiger partial charge in [-0.3, -0.25) is 4.68 Å². The molecule has 0 saturated heterocycles. The van der Waals surface area contributed by atoms with Gasteiger partial charge in [0.15, 0.2) is 0 Å². The third-order valence-corrected chi connectivity index (χ3v) is 3.74. The van der Waals surface area contributed by atoms with Gasteiger partial charge in [0, 0.05) is 25.4 Å². The summed E-state index contributed by atoms with van der Waals surface area (Å²) in [4.78, 5) is 0. The zero-order valence-corrected chi connectivity index (χ0v) is 11.6. The van der Waals surface area contributed by atoms with E-state index in [2.05, 4.69) is 37.3 Å². The van der Waals surface area contributed by atoms with Gasteiger partial charge < -0.3 is 5.32 Å². The van der Waals surface area contributed by atoms with Crippen LogP contribution in [0.15, 0.2) is 6.07 Å². The van der Waals surface area contributed by atoms with E-state index < -0.39 is 0 Å². The number of nitrogens with zero attached hydrogens (tertiary/aromatic N) is 2. The van der Waals surface area contributed by atoms with Gasteiger partial charge in [-0.2, -0.15) is 16.9 Å². The molecule has 0 amide bonds. The van der Waals surface area contributed by atoms with E-state index in [1.54, 1.807) is 0 Å². The predicted octanol–water partition coefficient (Wildman–Crippen LogP) is 2.21. The highest BCUT2D eigenvalue weighted by atomic mass is 32.2. The van der Waals surface area contributed by atoms with Crippen LogP contribution in [0.4, 0.5) is 0 Å². The molecule has 1 rings (SSSR count). The number of nitrogens with one attached hydrogen (secondary N) is 1. The van der Waals surface area contributed by atoms with E-state index in [0.29, 0.717) is 6.04 Å². The summed E-state index contributed by atoms with van der Waals surface area (Å²) in [7, 11) is 2.02. The van der Waals surface area contributed by atoms with Crippen LogP contribution in [0.1, 0.15) is 32.2 Å². The lowest BCUT2D eigenvalue weighted by Crippen LogP contribution is -2.28. The molecule has 0 aromatic carbocycles. The first kappa shape index (κ1) is 13.6. The highest BCUT2D eigenvalue weighted by molar-refractivity contribution is 7.99. The largest absolute Gasteiger partial charge is 0.308 e. The van der Waals surface area contributed by atoms with Crippen LogP contribution in [-0.4, -0.2) is 27.3 Å². The van der Waals surface area contributed by atoms with Crippen LogP contribution < -0.4 is 5.32 Å². The van der Waals surface area contributed by atoms with Gasteiger partial charge in [-0.05, 0) is 25.2 Å². The molecule has 0 aliphatic carbocycles. The number of rotatable bonds is 7. The summed E-state index contributed by atoms with van der Waals surface area (Å²) in [5.41, 5.74) is 2.44. The molecule has 1 aromatic rings. The van der Waals surface area contributed by atoms with Gasteiger partial charge in [0.1, 0.15) is 0 Å². The summed E-state index contributed by atoms with van der Waals surface area (Å²) >= 11 is 1.98. The Balaban J connectivity index is 2.38. The Kier molecular flexibility index (Phi) is 5.91. The monoisotopic (exact) mass is 241 g/mol. The first-order valence-electron chi connectivity index (χ1n) is 6.00. The lowest BCUT2D eigenvalue weighted by atomic mass is 10.3. The Bertz CT molecular complexity index is 309. The van der Waals surface area contributed by atoms with E-state index in [1.165, 1.54) is 22.9 Å². The van der Waals surface area contributed by atoms with Crippen LogP contribution in [0.2, 0.25) is 0 Å². The summed E-state index contributed by atoms with van der Waals surface area (Å²) in [5.74, 6) is 2.37. The Labute approximate surface area is 103 Å². The van der Waals surface area contributed by atoms with Crippen molar-refractivity contribution in [3.05, 3.63) is 17.5 Å². The second-order valence-corrected chi connectivity index (χ2v) is 5.36. The Morgan fingerprint density at radius 1 is 1.50 bits per heavy atom. The maximum Gasteiger partial charge on any atom is 0.0625 e. The van der Waals surface area contributed by atoms with Gasteiger partial charge in [0.2, 0.25) is 0 Å². The third-order valence-electron chi connectivity index (χ3n) is 2.59. The smallest absolute Gasteiger partial charge is 0.0625 e. The summed E-state index contributed by atoms with van der Waals surface area (Å²) in [6.07, 6.45) is 1.01. The molecular weight excluding hydrogens is 218 g/mol. The first-order chi connectivity index (χ1) is 7.67. The van der Waals surface area contributed by atoms with Gasteiger partial charge >= 0.3 is 0 Å². The average molecular weight is 241 g/mol. The van der Waals surface area contributed by atoms with Crippen LogP contribution in [0.3, 0.4) is 0 Å². The molecule has 0 radical (unpaired) electrons. The fourth-order valence-corrected chi connectivity index (χ4v) is 2.25. The maximum atomic E-state index is 4.44. The summed E-state index contributed by atoms with van der Waals surface area (Å²) < 4.78 is 1.98. The van der Waals surface area contributed by atoms with Crippen molar-refractivity contribution in [2.45, 2.75) is 39.8 Å². The van der Waals surface area contributed by atoms with E-state index in [1.807, 2.05) is 23.5 Å². The van der Waals surface area contributed by atoms with Crippen LogP contribution >= 0.6 is 11.8 Å². The molecule has 0 aliphatic heterocycles. The number of aryl methyl sites for hydroxylation is 2. The number of aromatic nitrogens is 2. The molecule has 3 nitrogen and oxygen atoms in total. The third kappa shape index (κ3) is 4.18. The van der Waals surface area contributed by atoms with Gasteiger partial charge in [0.05, 0.1) is 11.4 Å². The lowest BCUT2D eigenvalue weighted by molar-refractivity contribution is 0.564. The molecule has 1 atom stereocenters. The minimum atomic E-state index is 0.560. The van der Waals surface area contributed by atoms with Crippen LogP contribution in [0.5, 0.6) is 0 Å². The Hall–Kier alpha value is -0.480. The molecule has 0 aliphatic rings. The fraction of sp³-hybridized carbons (Fsp3) is 0.750. The summed E-state index contributed by atoms with van der Waals surface area (Å²) in [6, 6.07) is 2.75. The van der Waals surface area contributed by atoms with E-state index in [0.717, 1.165) is 13.0 Å². The SMILES string of the molecule is CCSCC(C)NCc1cc(CC)nn1C. The molecule has 1 heterocycles. The normalized spacial score (nSPS) is 13.0. The maximum absolute atomic E-state index is 4.44. The van der Waals surface area contributed by atoms with Crippen molar-refractivity contribution in [2.24, 2.45) is 7.05 Å². The minimum absolute atomic E-state index is 0.560. The fourth-order valence-electron chi connectivity index (χ4n) is 1.54. The van der Waals surface area contributed by atoms with Crippen LogP contribution in [-0.2, 0) is 20.0 Å². The van der Waals surface area contributed by atoms with Crippen molar-refractivity contribution >= 4 is 11.8 Å². The highest BCUT2D eigenvalue weighted by Gasteiger charge is 2.05. The van der Waals surface area contributed by atoms with Crippen molar-refractivity contribution in [3.63, 3.8) is 0 Å². The quantitative estimate of drug-likeness (QED) is 0.794. The number of hydrogen-bond acceptors (Lipinski definition) is 3. The molecule has 0 bridgehead atoms. The predicted molar refractivity (Wildman–Crippen MR) is 71.9 cm³/mol. The molecule has 4 heteroatoms. The van der Waals surface area contributed by atoms with Gasteiger partial charge in [0.25, 0.3) is 0 Å². The number of hydrogen-bond donors (Lipinski definition) is 1. The topological polar surface area (TPSA) is 29.9 Å². The lowest BCUT2D eigenvalue weighted by Gasteiger charge is -2.12. The molecule has 92 valence electrons. The summed E-state index contributed by atoms with van der Waals surface area (Å²) in [6.45, 7) is 7.49. The van der Waals surface area contributed by atoms with Crippen LogP contribution in [0.25, 0.3) is 0 Å². The van der Waals surface area contributed by atoms with E-state index in [4.69, 9.17) is 0 Å². The van der Waals surface area contributed by atoms with Crippen molar-refractivity contribution in [1.82, 2.24) is 15.1 Å². The molecule has 0 spiro atoms. The summed E-state index contributed by atoms with van der Waals surface area (Å²) in [5, 5.41) is 7.97. The minimum Gasteiger partial charge on any atom is -0.308 e. The zero-order chi connectivity index (χ0) is 12.0. The van der Waals surface area contributed by atoms with Crippen molar-refractivity contribution < 1.29 is 0 Å². The Morgan fingerprint density at radius 2 is 2.25 bits per heavy atom. The Morgan fingerprint density at radius 3 is 2.81 bits per heavy atom. The van der Waals surface area contributed by atoms with Gasteiger partial charge in [-0.15, -0.1) is 0 Å². The van der Waals surface area contributed by atoms with Crippen molar-refractivity contribution in [3.8, 4) is 0 Å². The first-order valence-corrected chi connectivity index (χ1v) is 7.15. The van der Waals surface area contributed by atoms with Crippen molar-refractivity contribution in [2.75, 3.05) is 11.5 Å². The van der Waals surface area contributed by atoms with E-state index in [9.17, 15) is 0 Å². The van der Waals surface area contributed by atoms with Gasteiger partial charge in [-0.25, -0.2) is 0 Å². The molecular formula is C12H23N3S. The molecule has 1 unspecified atom stereocenters. The highest BCUT2D eigenvalue weighted by Crippen LogP contribution is 2.05. The molecule has 0 saturated carbocycles. The molecule has 0 fully saturated rings. The molecule has 16 heavy (non-hydrogen) atoms. The zero-order valence-electron chi connectivity index (χ0n) is 10.8. The van der Waals surface area contributed by atoms with Crippen molar-refractivity contribution in [1.29, 1.82) is 0 Å².